The standard InChI is InChI=1S/C5H9O2/c6-5-2-1-3-7-4-5/h3,5-6H,1-2,4H2/q+1/t5-/m0/s1. The van der Waals surface area contributed by atoms with Gasteiger partial charge in [-0.1, -0.05) is 0 Å². The zero-order valence-corrected chi connectivity index (χ0v) is 4.13. The van der Waals surface area contributed by atoms with Gasteiger partial charge in [0.2, 0.25) is 6.61 Å². The first-order valence-electron chi connectivity index (χ1n) is 2.51. The fraction of sp³-hybridized carbons (Fsp3) is 0.800. The van der Waals surface area contributed by atoms with Gasteiger partial charge < -0.3 is 5.11 Å². The van der Waals surface area contributed by atoms with E-state index < -0.39 is 0 Å². The van der Waals surface area contributed by atoms with Gasteiger partial charge in [0.1, 0.15) is 13.0 Å². The molecule has 7 heavy (non-hydrogen) atoms. The maximum atomic E-state index is 8.76. The van der Waals surface area contributed by atoms with Crippen molar-refractivity contribution in [3.05, 3.63) is 6.61 Å². The Morgan fingerprint density at radius 1 is 1.71 bits per heavy atom. The van der Waals surface area contributed by atoms with Crippen molar-refractivity contribution in [3.8, 4) is 0 Å². The minimum atomic E-state index is -0.218. The van der Waals surface area contributed by atoms with Crippen molar-refractivity contribution in [1.29, 1.82) is 0 Å². The molecule has 0 aromatic carbocycles. The van der Waals surface area contributed by atoms with E-state index in [1.165, 1.54) is 0 Å². The minimum Gasteiger partial charge on any atom is -0.390 e. The third-order valence-corrected chi connectivity index (χ3v) is 1.02. The molecule has 0 aliphatic carbocycles. The highest BCUT2D eigenvalue weighted by molar-refractivity contribution is 4.65. The summed E-state index contributed by atoms with van der Waals surface area (Å²) in [6.07, 6.45) is 1.53. The van der Waals surface area contributed by atoms with Crippen LogP contribution in [0.15, 0.2) is 0 Å². The number of hydrogen-bond acceptors (Lipinski definition) is 2. The topological polar surface area (TPSA) is 29.5 Å². The SMILES string of the molecule is O[C@H]1CC[CH+]OC1. The smallest absolute Gasteiger partial charge is 0.227 e. The Kier molecular flexibility index (Phi) is 1.54. The molecule has 0 bridgehead atoms. The van der Waals surface area contributed by atoms with E-state index in [0.29, 0.717) is 6.61 Å². The normalized spacial score (nSPS) is 31.9. The molecule has 1 N–H and O–H groups in total. The van der Waals surface area contributed by atoms with Crippen LogP contribution in [0.25, 0.3) is 0 Å². The zero-order chi connectivity index (χ0) is 5.11. The minimum absolute atomic E-state index is 0.218. The molecule has 1 aliphatic heterocycles. The lowest BCUT2D eigenvalue weighted by molar-refractivity contribution is 0.0270. The number of ether oxygens (including phenoxy) is 1. The van der Waals surface area contributed by atoms with Gasteiger partial charge in [-0.2, -0.15) is 4.74 Å². The van der Waals surface area contributed by atoms with Crippen LogP contribution in [0.5, 0.6) is 0 Å². The Morgan fingerprint density at radius 2 is 2.57 bits per heavy atom. The molecule has 2 heteroatoms. The Balaban J connectivity index is 2.12. The molecular formula is C5H9O2+. The molecule has 1 atom stereocenters. The van der Waals surface area contributed by atoms with Gasteiger partial charge in [-0.05, 0) is 0 Å². The average Bonchev–Trinajstić information content (AvgIpc) is 1.69. The molecule has 1 heterocycles. The van der Waals surface area contributed by atoms with E-state index >= 15 is 0 Å². The van der Waals surface area contributed by atoms with E-state index in [-0.39, 0.29) is 6.10 Å². The third kappa shape index (κ3) is 1.37. The maximum absolute atomic E-state index is 8.76. The number of aliphatic hydroxyl groups excluding tert-OH is 1. The fourth-order valence-electron chi connectivity index (χ4n) is 0.606. The van der Waals surface area contributed by atoms with Crippen LogP contribution in [0.2, 0.25) is 0 Å². The Bertz CT molecular complexity index is 48.0. The van der Waals surface area contributed by atoms with Crippen LogP contribution < -0.4 is 0 Å². The van der Waals surface area contributed by atoms with E-state index in [2.05, 4.69) is 0 Å². The molecule has 0 spiro atoms. The first-order chi connectivity index (χ1) is 3.39. The van der Waals surface area contributed by atoms with Gasteiger partial charge in [-0.25, -0.2) is 0 Å². The third-order valence-electron chi connectivity index (χ3n) is 1.02. The van der Waals surface area contributed by atoms with Crippen molar-refractivity contribution in [2.45, 2.75) is 18.9 Å². The second-order valence-electron chi connectivity index (χ2n) is 1.73. The average molecular weight is 101 g/mol. The summed E-state index contributed by atoms with van der Waals surface area (Å²) < 4.78 is 4.81. The second kappa shape index (κ2) is 2.19. The Labute approximate surface area is 43.1 Å². The summed E-state index contributed by atoms with van der Waals surface area (Å²) in [5.74, 6) is 0. The van der Waals surface area contributed by atoms with Crippen LogP contribution >= 0.6 is 0 Å². The molecule has 0 aromatic rings. The molecule has 1 aliphatic rings. The van der Waals surface area contributed by atoms with E-state index in [9.17, 15) is 0 Å². The molecule has 1 rings (SSSR count). The zero-order valence-electron chi connectivity index (χ0n) is 4.13. The van der Waals surface area contributed by atoms with Gasteiger partial charge in [-0.3, -0.25) is 0 Å². The molecule has 0 aromatic heterocycles. The summed E-state index contributed by atoms with van der Waals surface area (Å²) in [6.45, 7) is 2.23. The van der Waals surface area contributed by atoms with Gasteiger partial charge in [0.25, 0.3) is 0 Å². The van der Waals surface area contributed by atoms with Crippen LogP contribution in [-0.2, 0) is 4.74 Å². The van der Waals surface area contributed by atoms with E-state index in [1.807, 2.05) is 0 Å². The van der Waals surface area contributed by atoms with Crippen molar-refractivity contribution in [1.82, 2.24) is 0 Å². The number of hydrogen-bond donors (Lipinski definition) is 1. The second-order valence-corrected chi connectivity index (χ2v) is 1.73. The van der Waals surface area contributed by atoms with Crippen molar-refractivity contribution in [3.63, 3.8) is 0 Å². The first kappa shape index (κ1) is 4.94. The predicted molar refractivity (Wildman–Crippen MR) is 25.5 cm³/mol. The summed E-state index contributed by atoms with van der Waals surface area (Å²) >= 11 is 0. The molecule has 0 radical (unpaired) electrons. The summed E-state index contributed by atoms with van der Waals surface area (Å²) in [5, 5.41) is 8.76. The van der Waals surface area contributed by atoms with E-state index in [0.717, 1.165) is 12.8 Å². The summed E-state index contributed by atoms with van der Waals surface area (Å²) in [4.78, 5) is 0. The maximum Gasteiger partial charge on any atom is 0.227 e. The molecule has 1 saturated heterocycles. The van der Waals surface area contributed by atoms with Crippen molar-refractivity contribution in [2.75, 3.05) is 6.61 Å². The lowest BCUT2D eigenvalue weighted by Gasteiger charge is -2.07. The van der Waals surface area contributed by atoms with Crippen LogP contribution in [0.3, 0.4) is 0 Å². The quantitative estimate of drug-likeness (QED) is 0.445. The van der Waals surface area contributed by atoms with Crippen LogP contribution in [0.4, 0.5) is 0 Å². The number of rotatable bonds is 0. The summed E-state index contributed by atoms with van der Waals surface area (Å²) in [7, 11) is 0. The molecule has 0 saturated carbocycles. The van der Waals surface area contributed by atoms with E-state index in [4.69, 9.17) is 9.84 Å². The molecule has 2 nitrogen and oxygen atoms in total. The van der Waals surface area contributed by atoms with Crippen molar-refractivity contribution >= 4 is 0 Å². The molecular weight excluding hydrogens is 92.1 g/mol. The first-order valence-corrected chi connectivity index (χ1v) is 2.51. The lowest BCUT2D eigenvalue weighted by atomic mass is 10.2. The molecule has 0 amide bonds. The van der Waals surface area contributed by atoms with Gasteiger partial charge >= 0.3 is 0 Å². The predicted octanol–water partition coefficient (Wildman–Crippen LogP) is 0.319. The fourth-order valence-corrected chi connectivity index (χ4v) is 0.606. The van der Waals surface area contributed by atoms with Crippen LogP contribution in [0, 0.1) is 6.61 Å². The Morgan fingerprint density at radius 3 is 2.86 bits per heavy atom. The van der Waals surface area contributed by atoms with Crippen LogP contribution in [0.1, 0.15) is 12.8 Å². The van der Waals surface area contributed by atoms with Gasteiger partial charge in [-0.15, -0.1) is 0 Å². The summed E-state index contributed by atoms with van der Waals surface area (Å²) in [6, 6.07) is 0. The van der Waals surface area contributed by atoms with Crippen molar-refractivity contribution in [2.24, 2.45) is 0 Å². The number of aliphatic hydroxyl groups is 1. The molecule has 0 unspecified atom stereocenters. The highest BCUT2D eigenvalue weighted by Gasteiger charge is 2.15. The van der Waals surface area contributed by atoms with Gasteiger partial charge in [0, 0.05) is 6.42 Å². The van der Waals surface area contributed by atoms with Gasteiger partial charge in [0.05, 0.1) is 6.10 Å². The molecule has 40 valence electrons. The summed E-state index contributed by atoms with van der Waals surface area (Å²) in [5.41, 5.74) is 0. The molecule has 1 fully saturated rings. The van der Waals surface area contributed by atoms with E-state index in [1.54, 1.807) is 6.61 Å². The van der Waals surface area contributed by atoms with Crippen molar-refractivity contribution < 1.29 is 9.84 Å². The largest absolute Gasteiger partial charge is 0.390 e. The lowest BCUT2D eigenvalue weighted by Crippen LogP contribution is -2.18. The Hall–Kier alpha value is -0.210. The van der Waals surface area contributed by atoms with Crippen LogP contribution in [-0.4, -0.2) is 17.8 Å². The monoisotopic (exact) mass is 101 g/mol. The highest BCUT2D eigenvalue weighted by atomic mass is 16.5. The highest BCUT2D eigenvalue weighted by Crippen LogP contribution is 2.07. The van der Waals surface area contributed by atoms with Gasteiger partial charge in [0.15, 0.2) is 0 Å².